The van der Waals surface area contributed by atoms with E-state index in [0.717, 1.165) is 11.1 Å². The third kappa shape index (κ3) is 7.37. The zero-order valence-corrected chi connectivity index (χ0v) is 21.5. The Morgan fingerprint density at radius 2 is 1.63 bits per heavy atom. The molecule has 0 unspecified atom stereocenters. The van der Waals surface area contributed by atoms with E-state index in [4.69, 9.17) is 16.0 Å². The van der Waals surface area contributed by atoms with E-state index in [1.54, 1.807) is 48.7 Å². The number of rotatable bonds is 11. The SMILES string of the molecule is [C-]#[N+]c1cc2c(Oc3ccc(CC(=O)Cc4ccc(F)cc4)cc3)ccnc2cc1OCCCS(C)(=O)=O. The van der Waals surface area contributed by atoms with Crippen LogP contribution in [0.3, 0.4) is 0 Å². The van der Waals surface area contributed by atoms with E-state index in [9.17, 15) is 17.6 Å². The van der Waals surface area contributed by atoms with Crippen molar-refractivity contribution in [1.82, 2.24) is 4.98 Å². The summed E-state index contributed by atoms with van der Waals surface area (Å²) < 4.78 is 47.4. The van der Waals surface area contributed by atoms with Crippen molar-refractivity contribution in [3.05, 3.63) is 101 Å². The molecule has 0 bridgehead atoms. The molecule has 0 atom stereocenters. The maximum atomic E-state index is 13.1. The van der Waals surface area contributed by atoms with Crippen molar-refractivity contribution in [1.29, 1.82) is 0 Å². The van der Waals surface area contributed by atoms with Crippen LogP contribution in [-0.2, 0) is 27.5 Å². The summed E-state index contributed by atoms with van der Waals surface area (Å²) in [5.41, 5.74) is 2.43. The number of hydrogen-bond acceptors (Lipinski definition) is 6. The van der Waals surface area contributed by atoms with Crippen molar-refractivity contribution in [2.45, 2.75) is 19.3 Å². The summed E-state index contributed by atoms with van der Waals surface area (Å²) >= 11 is 0. The van der Waals surface area contributed by atoms with Gasteiger partial charge in [-0.1, -0.05) is 24.3 Å². The molecule has 7 nitrogen and oxygen atoms in total. The highest BCUT2D eigenvalue weighted by atomic mass is 32.2. The van der Waals surface area contributed by atoms with E-state index in [0.29, 0.717) is 34.6 Å². The molecule has 0 amide bonds. The first-order valence-corrected chi connectivity index (χ1v) is 13.9. The van der Waals surface area contributed by atoms with E-state index in [1.807, 2.05) is 12.1 Å². The topological polar surface area (TPSA) is 86.9 Å². The van der Waals surface area contributed by atoms with Crippen LogP contribution < -0.4 is 9.47 Å². The highest BCUT2D eigenvalue weighted by Crippen LogP contribution is 2.37. The molecule has 1 aromatic heterocycles. The fraction of sp³-hybridized carbons (Fsp3) is 0.207. The Balaban J connectivity index is 1.44. The first kappa shape index (κ1) is 26.8. The first-order chi connectivity index (χ1) is 18.2. The van der Waals surface area contributed by atoms with Crippen LogP contribution >= 0.6 is 0 Å². The lowest BCUT2D eigenvalue weighted by molar-refractivity contribution is -0.117. The van der Waals surface area contributed by atoms with E-state index in [1.165, 1.54) is 18.4 Å². The number of sulfone groups is 1. The smallest absolute Gasteiger partial charge is 0.229 e. The molecule has 3 aromatic carbocycles. The molecule has 1 heterocycles. The maximum Gasteiger partial charge on any atom is 0.229 e. The lowest BCUT2D eigenvalue weighted by Gasteiger charge is -2.12. The number of hydrogen-bond donors (Lipinski definition) is 0. The Labute approximate surface area is 220 Å². The number of ether oxygens (including phenoxy) is 2. The van der Waals surface area contributed by atoms with Crippen molar-refractivity contribution in [3.8, 4) is 17.2 Å². The second-order valence-corrected chi connectivity index (χ2v) is 11.1. The molecule has 0 radical (unpaired) electrons. The van der Waals surface area contributed by atoms with Gasteiger partial charge in [0.1, 0.15) is 38.7 Å². The second-order valence-electron chi connectivity index (χ2n) is 8.85. The summed E-state index contributed by atoms with van der Waals surface area (Å²) in [5, 5.41) is 0.625. The average molecular weight is 533 g/mol. The summed E-state index contributed by atoms with van der Waals surface area (Å²) in [6.07, 6.45) is 3.55. The van der Waals surface area contributed by atoms with Crippen LogP contribution in [0.15, 0.2) is 72.9 Å². The van der Waals surface area contributed by atoms with Crippen molar-refractivity contribution in [2.75, 3.05) is 18.6 Å². The molecular weight excluding hydrogens is 507 g/mol. The van der Waals surface area contributed by atoms with E-state index in [-0.39, 0.29) is 42.5 Å². The highest BCUT2D eigenvalue weighted by Gasteiger charge is 2.13. The molecule has 0 aliphatic carbocycles. The zero-order chi connectivity index (χ0) is 27.1. The molecule has 38 heavy (non-hydrogen) atoms. The van der Waals surface area contributed by atoms with Gasteiger partial charge < -0.3 is 9.47 Å². The van der Waals surface area contributed by atoms with E-state index in [2.05, 4.69) is 9.83 Å². The fourth-order valence-electron chi connectivity index (χ4n) is 3.85. The summed E-state index contributed by atoms with van der Waals surface area (Å²) in [6, 6.07) is 18.0. The third-order valence-electron chi connectivity index (χ3n) is 5.69. The van der Waals surface area contributed by atoms with Crippen LogP contribution in [0.5, 0.6) is 17.2 Å². The molecule has 0 N–H and O–H groups in total. The van der Waals surface area contributed by atoms with Crippen molar-refractivity contribution >= 4 is 32.2 Å². The normalized spacial score (nSPS) is 11.2. The van der Waals surface area contributed by atoms with Gasteiger partial charge in [0.15, 0.2) is 0 Å². The standard InChI is InChI=1S/C29H25FN2O5S/c1-31-27-18-25-26(19-29(27)36-14-3-15-38(2,34)35)32-13-12-28(25)37-24-10-6-21(7-11-24)17-23(33)16-20-4-8-22(30)9-5-20/h4-13,18-19H,3,14-17H2,2H3. The van der Waals surface area contributed by atoms with Crippen LogP contribution in [0.1, 0.15) is 17.5 Å². The number of carbonyl (C=O) groups is 1. The predicted octanol–water partition coefficient (Wildman–Crippen LogP) is 5.88. The minimum Gasteiger partial charge on any atom is -0.505 e. The molecule has 0 saturated carbocycles. The lowest BCUT2D eigenvalue weighted by atomic mass is 10.0. The van der Waals surface area contributed by atoms with Gasteiger partial charge in [-0.05, 0) is 60.0 Å². The molecule has 0 aliphatic rings. The van der Waals surface area contributed by atoms with E-state index >= 15 is 0 Å². The first-order valence-electron chi connectivity index (χ1n) is 11.8. The minimum absolute atomic E-state index is 0.00533. The Hall–Kier alpha value is -4.29. The van der Waals surface area contributed by atoms with Gasteiger partial charge in [-0.15, -0.1) is 0 Å². The van der Waals surface area contributed by atoms with Gasteiger partial charge in [-0.3, -0.25) is 9.78 Å². The third-order valence-corrected chi connectivity index (χ3v) is 6.72. The molecule has 4 aromatic rings. The molecule has 0 aliphatic heterocycles. The molecule has 194 valence electrons. The molecular formula is C29H25FN2O5S. The number of carbonyl (C=O) groups excluding carboxylic acids is 1. The number of nitrogens with zero attached hydrogens (tertiary/aromatic N) is 2. The highest BCUT2D eigenvalue weighted by molar-refractivity contribution is 7.90. The van der Waals surface area contributed by atoms with Gasteiger partial charge in [0.05, 0.1) is 24.4 Å². The Bertz CT molecular complexity index is 1600. The number of fused-ring (bicyclic) bond motifs is 1. The largest absolute Gasteiger partial charge is 0.505 e. The fourth-order valence-corrected chi connectivity index (χ4v) is 4.50. The van der Waals surface area contributed by atoms with Crippen molar-refractivity contribution in [3.63, 3.8) is 0 Å². The molecule has 0 fully saturated rings. The van der Waals surface area contributed by atoms with Crippen LogP contribution in [0.4, 0.5) is 10.1 Å². The Morgan fingerprint density at radius 3 is 2.26 bits per heavy atom. The van der Waals surface area contributed by atoms with Gasteiger partial charge in [-0.2, -0.15) is 0 Å². The zero-order valence-electron chi connectivity index (χ0n) is 20.7. The quantitative estimate of drug-likeness (QED) is 0.177. The van der Waals surface area contributed by atoms with Crippen LogP contribution in [0.2, 0.25) is 0 Å². The lowest BCUT2D eigenvalue weighted by Crippen LogP contribution is -2.08. The summed E-state index contributed by atoms with van der Waals surface area (Å²) in [7, 11) is -3.08. The monoisotopic (exact) mass is 532 g/mol. The minimum atomic E-state index is -3.08. The Morgan fingerprint density at radius 1 is 0.974 bits per heavy atom. The van der Waals surface area contributed by atoms with Gasteiger partial charge in [-0.25, -0.2) is 17.7 Å². The number of pyridine rings is 1. The second kappa shape index (κ2) is 11.8. The molecule has 0 saturated heterocycles. The van der Waals surface area contributed by atoms with Crippen LogP contribution in [0.25, 0.3) is 15.7 Å². The van der Waals surface area contributed by atoms with Gasteiger partial charge >= 0.3 is 0 Å². The van der Waals surface area contributed by atoms with Gasteiger partial charge in [0, 0.05) is 30.7 Å². The summed E-state index contributed by atoms with van der Waals surface area (Å²) in [5.74, 6) is 1.08. The predicted molar refractivity (Wildman–Crippen MR) is 143 cm³/mol. The van der Waals surface area contributed by atoms with Gasteiger partial charge in [0.2, 0.25) is 5.69 Å². The van der Waals surface area contributed by atoms with Gasteiger partial charge in [0.25, 0.3) is 0 Å². The number of benzene rings is 3. The average Bonchev–Trinajstić information content (AvgIpc) is 2.88. The van der Waals surface area contributed by atoms with Crippen molar-refractivity contribution in [2.24, 2.45) is 0 Å². The number of ketones is 1. The molecule has 4 rings (SSSR count). The summed E-state index contributed by atoms with van der Waals surface area (Å²) in [4.78, 5) is 20.3. The molecule has 0 spiro atoms. The van der Waals surface area contributed by atoms with Crippen molar-refractivity contribution < 1.29 is 27.1 Å². The van der Waals surface area contributed by atoms with Crippen LogP contribution in [0, 0.1) is 12.4 Å². The van der Waals surface area contributed by atoms with E-state index < -0.39 is 9.84 Å². The molecule has 9 heteroatoms. The number of Topliss-reactive ketones (excluding diaryl/α,β-unsaturated/α-hetero) is 1. The van der Waals surface area contributed by atoms with Crippen LogP contribution in [-0.4, -0.2) is 37.8 Å². The summed E-state index contributed by atoms with van der Waals surface area (Å²) in [6.45, 7) is 7.70. The number of aromatic nitrogens is 1. The Kier molecular flexibility index (Phi) is 8.34. The maximum absolute atomic E-state index is 13.1. The number of halogens is 1.